The average Bonchev–Trinajstić information content (AvgIpc) is 3.19. The molecule has 0 saturated carbocycles. The summed E-state index contributed by atoms with van der Waals surface area (Å²) in [5.74, 6) is -0.648. The summed E-state index contributed by atoms with van der Waals surface area (Å²) in [4.78, 5) is 0. The second-order valence-electron chi connectivity index (χ2n) is 7.64. The van der Waals surface area contributed by atoms with E-state index in [1.165, 1.54) is 0 Å². The maximum atomic E-state index is 9.96. The Morgan fingerprint density at radius 3 is 2.23 bits per heavy atom. The van der Waals surface area contributed by atoms with Crippen LogP contribution in [-0.4, -0.2) is 15.7 Å². The number of aryl methyl sites for hydroxylation is 1. The van der Waals surface area contributed by atoms with Gasteiger partial charge in [0.05, 0.1) is 17.3 Å². The third kappa shape index (κ3) is 3.19. The summed E-state index contributed by atoms with van der Waals surface area (Å²) in [6.45, 7) is 2.03. The zero-order chi connectivity index (χ0) is 21.4. The first-order valence-corrected chi connectivity index (χ1v) is 10.1. The van der Waals surface area contributed by atoms with Gasteiger partial charge in [0.1, 0.15) is 11.6 Å². The average molecular weight is 404 g/mol. The Bertz CT molecular complexity index is 1290. The number of aromatic nitrogens is 2. The minimum Gasteiger partial charge on any atom is -0.423 e. The van der Waals surface area contributed by atoms with E-state index in [2.05, 4.69) is 6.07 Å². The number of ether oxygens (including phenoxy) is 1. The van der Waals surface area contributed by atoms with Crippen LogP contribution in [0, 0.1) is 29.6 Å². The number of hydrogen-bond acceptors (Lipinski definition) is 4. The Hall–Kier alpha value is -4.17. The molecule has 0 saturated heterocycles. The summed E-state index contributed by atoms with van der Waals surface area (Å²) in [5.41, 5.74) is 5.49. The van der Waals surface area contributed by atoms with Gasteiger partial charge in [0, 0.05) is 11.5 Å². The number of nitrogens with zero attached hydrogens (tertiary/aromatic N) is 3. The molecule has 2 heterocycles. The molecule has 0 amide bonds. The first-order chi connectivity index (χ1) is 15.2. The Labute approximate surface area is 180 Å². The van der Waals surface area contributed by atoms with Crippen LogP contribution >= 0.6 is 0 Å². The summed E-state index contributed by atoms with van der Waals surface area (Å²) >= 11 is 0. The van der Waals surface area contributed by atoms with Crippen molar-refractivity contribution in [1.29, 1.82) is 10.7 Å². The van der Waals surface area contributed by atoms with Crippen molar-refractivity contribution in [1.82, 2.24) is 9.78 Å². The Balaban J connectivity index is 1.82. The first kappa shape index (κ1) is 18.8. The number of benzene rings is 3. The van der Waals surface area contributed by atoms with E-state index in [1.807, 2.05) is 91.9 Å². The van der Waals surface area contributed by atoms with E-state index in [4.69, 9.17) is 15.2 Å². The van der Waals surface area contributed by atoms with Gasteiger partial charge in [0.2, 0.25) is 11.8 Å². The van der Waals surface area contributed by atoms with Crippen LogP contribution in [0.3, 0.4) is 0 Å². The molecule has 0 fully saturated rings. The molecule has 0 radical (unpaired) electrons. The molecule has 150 valence electrons. The van der Waals surface area contributed by atoms with Crippen molar-refractivity contribution in [3.63, 3.8) is 0 Å². The number of nitrogens with one attached hydrogen (secondary N) is 1. The smallest absolute Gasteiger partial charge is 0.228 e. The fraction of sp³-hybridized carbons (Fsp3) is 0.115. The third-order valence-electron chi connectivity index (χ3n) is 5.63. The molecule has 1 aromatic heterocycles. The monoisotopic (exact) mass is 404 g/mol. The SMILES string of the molecule is Cc1ccc(C2c3c(-c4ccccc4)nn(-c4ccccc4)c3OC(=N)C2C#N)cc1. The van der Waals surface area contributed by atoms with Crippen molar-refractivity contribution in [3.05, 3.63) is 102 Å². The highest BCUT2D eigenvalue weighted by Crippen LogP contribution is 2.47. The Morgan fingerprint density at radius 2 is 1.58 bits per heavy atom. The highest BCUT2D eigenvalue weighted by atomic mass is 16.5. The molecule has 1 aliphatic rings. The van der Waals surface area contributed by atoms with Crippen molar-refractivity contribution in [2.75, 3.05) is 0 Å². The standard InChI is InChI=1S/C26H20N4O/c1-17-12-14-18(15-13-17)22-21(16-27)25(28)31-26-23(22)24(19-8-4-2-5-9-19)29-30(26)20-10-6-3-7-11-20/h2-15,21-22,28H,1H3. The van der Waals surface area contributed by atoms with Gasteiger partial charge < -0.3 is 4.74 Å². The predicted molar refractivity (Wildman–Crippen MR) is 119 cm³/mol. The highest BCUT2D eigenvalue weighted by Gasteiger charge is 2.42. The molecule has 5 nitrogen and oxygen atoms in total. The summed E-state index contributed by atoms with van der Waals surface area (Å²) < 4.78 is 7.70. The third-order valence-corrected chi connectivity index (χ3v) is 5.63. The Morgan fingerprint density at radius 1 is 0.935 bits per heavy atom. The minimum atomic E-state index is -0.730. The van der Waals surface area contributed by atoms with Gasteiger partial charge in [-0.2, -0.15) is 15.0 Å². The van der Waals surface area contributed by atoms with Crippen LogP contribution in [0.2, 0.25) is 0 Å². The maximum absolute atomic E-state index is 9.96. The number of hydrogen-bond donors (Lipinski definition) is 1. The van der Waals surface area contributed by atoms with E-state index >= 15 is 0 Å². The van der Waals surface area contributed by atoms with E-state index < -0.39 is 5.92 Å². The molecule has 1 N–H and O–H groups in total. The quantitative estimate of drug-likeness (QED) is 0.491. The van der Waals surface area contributed by atoms with Gasteiger partial charge in [-0.25, -0.2) is 0 Å². The summed E-state index contributed by atoms with van der Waals surface area (Å²) in [6.07, 6.45) is 0. The van der Waals surface area contributed by atoms with Crippen LogP contribution in [0.25, 0.3) is 16.9 Å². The lowest BCUT2D eigenvalue weighted by molar-refractivity contribution is 0.424. The molecule has 2 unspecified atom stereocenters. The molecule has 2 atom stereocenters. The van der Waals surface area contributed by atoms with Gasteiger partial charge in [0.15, 0.2) is 0 Å². The molecule has 0 aliphatic carbocycles. The van der Waals surface area contributed by atoms with Crippen LogP contribution < -0.4 is 4.74 Å². The van der Waals surface area contributed by atoms with Gasteiger partial charge in [-0.15, -0.1) is 0 Å². The molecule has 3 aromatic carbocycles. The van der Waals surface area contributed by atoms with E-state index in [-0.39, 0.29) is 11.8 Å². The molecule has 0 bridgehead atoms. The van der Waals surface area contributed by atoms with Crippen molar-refractivity contribution in [2.45, 2.75) is 12.8 Å². The van der Waals surface area contributed by atoms with E-state index in [0.717, 1.165) is 33.6 Å². The molecule has 4 aromatic rings. The van der Waals surface area contributed by atoms with Crippen molar-refractivity contribution >= 4 is 5.90 Å². The van der Waals surface area contributed by atoms with E-state index in [1.54, 1.807) is 4.68 Å². The van der Waals surface area contributed by atoms with Gasteiger partial charge >= 0.3 is 0 Å². The van der Waals surface area contributed by atoms with Crippen LogP contribution in [0.15, 0.2) is 84.9 Å². The van der Waals surface area contributed by atoms with Gasteiger partial charge in [-0.1, -0.05) is 78.4 Å². The van der Waals surface area contributed by atoms with Crippen molar-refractivity contribution in [2.24, 2.45) is 5.92 Å². The van der Waals surface area contributed by atoms with Crippen molar-refractivity contribution in [3.8, 4) is 28.9 Å². The zero-order valence-corrected chi connectivity index (χ0v) is 17.0. The van der Waals surface area contributed by atoms with Crippen LogP contribution in [0.5, 0.6) is 5.88 Å². The van der Waals surface area contributed by atoms with Crippen LogP contribution in [-0.2, 0) is 0 Å². The number of rotatable bonds is 3. The fourth-order valence-corrected chi connectivity index (χ4v) is 4.10. The number of nitriles is 1. The second kappa shape index (κ2) is 7.58. The summed E-state index contributed by atoms with van der Waals surface area (Å²) in [5, 5.41) is 23.4. The first-order valence-electron chi connectivity index (χ1n) is 10.1. The molecule has 31 heavy (non-hydrogen) atoms. The predicted octanol–water partition coefficient (Wildman–Crippen LogP) is 5.49. The summed E-state index contributed by atoms with van der Waals surface area (Å²) in [6, 6.07) is 30.1. The molecular formula is C26H20N4O. The van der Waals surface area contributed by atoms with Crippen molar-refractivity contribution < 1.29 is 4.74 Å². The number of fused-ring (bicyclic) bond motifs is 1. The van der Waals surface area contributed by atoms with Gasteiger partial charge in [0.25, 0.3) is 0 Å². The molecule has 5 heteroatoms. The lowest BCUT2D eigenvalue weighted by Gasteiger charge is -2.29. The Kier molecular flexibility index (Phi) is 4.61. The van der Waals surface area contributed by atoms with Gasteiger partial charge in [-0.05, 0) is 24.6 Å². The highest BCUT2D eigenvalue weighted by molar-refractivity contribution is 5.87. The van der Waals surface area contributed by atoms with Gasteiger partial charge in [-0.3, -0.25) is 5.41 Å². The molecule has 5 rings (SSSR count). The lowest BCUT2D eigenvalue weighted by atomic mass is 9.78. The summed E-state index contributed by atoms with van der Waals surface area (Å²) in [7, 11) is 0. The van der Waals surface area contributed by atoms with E-state index in [0.29, 0.717) is 5.88 Å². The normalized spacial score (nSPS) is 17.5. The van der Waals surface area contributed by atoms with E-state index in [9.17, 15) is 5.26 Å². The largest absolute Gasteiger partial charge is 0.423 e. The minimum absolute atomic E-state index is 0.0581. The zero-order valence-electron chi connectivity index (χ0n) is 17.0. The fourth-order valence-electron chi connectivity index (χ4n) is 4.10. The second-order valence-corrected chi connectivity index (χ2v) is 7.64. The topological polar surface area (TPSA) is 74.7 Å². The van der Waals surface area contributed by atoms with Crippen LogP contribution in [0.1, 0.15) is 22.6 Å². The maximum Gasteiger partial charge on any atom is 0.228 e. The molecular weight excluding hydrogens is 384 g/mol. The van der Waals surface area contributed by atoms with Crippen LogP contribution in [0.4, 0.5) is 0 Å². The molecule has 1 aliphatic heterocycles. The number of para-hydroxylation sites is 1. The lowest BCUT2D eigenvalue weighted by Crippen LogP contribution is -2.31. The molecule has 0 spiro atoms.